The number of H-pyrrole nitrogens is 1. The Morgan fingerprint density at radius 3 is 2.70 bits per heavy atom. The Labute approximate surface area is 213 Å². The van der Waals surface area contributed by atoms with Gasteiger partial charge in [-0.15, -0.1) is 10.2 Å². The number of fused-ring (bicyclic) bond motifs is 2. The molecule has 0 bridgehead atoms. The first-order valence-corrected chi connectivity index (χ1v) is 12.3. The van der Waals surface area contributed by atoms with Crippen LogP contribution in [0.1, 0.15) is 28.9 Å². The van der Waals surface area contributed by atoms with Gasteiger partial charge >= 0.3 is 0 Å². The van der Waals surface area contributed by atoms with E-state index in [0.29, 0.717) is 35.1 Å². The zero-order valence-electron chi connectivity index (χ0n) is 20.7. The van der Waals surface area contributed by atoms with E-state index < -0.39 is 11.5 Å². The average Bonchev–Trinajstić information content (AvgIpc) is 3.45. The van der Waals surface area contributed by atoms with Crippen molar-refractivity contribution in [3.8, 4) is 17.2 Å². The predicted octanol–water partition coefficient (Wildman–Crippen LogP) is 3.67. The highest BCUT2D eigenvalue weighted by Crippen LogP contribution is 2.44. The van der Waals surface area contributed by atoms with Crippen LogP contribution in [-0.4, -0.2) is 58.9 Å². The SMILES string of the molecule is COc1cc(C(=O)[C@@H]2Cc3cc(Nc4nnc[nH]4)ccc3OC23CCNCC3)nc2c(OC)cccc12. The van der Waals surface area contributed by atoms with E-state index in [1.807, 2.05) is 36.4 Å². The summed E-state index contributed by atoms with van der Waals surface area (Å²) in [5.41, 5.74) is 2.13. The molecular formula is C27H28N6O4. The van der Waals surface area contributed by atoms with E-state index in [9.17, 15) is 4.79 Å². The maximum Gasteiger partial charge on any atom is 0.226 e. The van der Waals surface area contributed by atoms with Crippen LogP contribution in [0, 0.1) is 5.92 Å². The number of aromatic amines is 1. The van der Waals surface area contributed by atoms with Gasteiger partial charge in [0.1, 0.15) is 40.4 Å². The molecule has 10 heteroatoms. The second-order valence-corrected chi connectivity index (χ2v) is 9.39. The van der Waals surface area contributed by atoms with E-state index >= 15 is 0 Å². The number of benzene rings is 2. The number of rotatable bonds is 6. The summed E-state index contributed by atoms with van der Waals surface area (Å²) < 4.78 is 17.9. The smallest absolute Gasteiger partial charge is 0.226 e. The Morgan fingerprint density at radius 1 is 1.11 bits per heavy atom. The normalized spacial score (nSPS) is 18.2. The summed E-state index contributed by atoms with van der Waals surface area (Å²) in [5.74, 6) is 2.05. The lowest BCUT2D eigenvalue weighted by atomic mass is 9.72. The van der Waals surface area contributed by atoms with E-state index in [2.05, 4.69) is 25.8 Å². The number of Topliss-reactive ketones (excluding diaryl/α,β-unsaturated/α-hetero) is 1. The van der Waals surface area contributed by atoms with Gasteiger partial charge in [0, 0.05) is 30.0 Å². The summed E-state index contributed by atoms with van der Waals surface area (Å²) in [7, 11) is 3.19. The second kappa shape index (κ2) is 9.36. The minimum absolute atomic E-state index is 0.0627. The highest BCUT2D eigenvalue weighted by molar-refractivity contribution is 6.01. The minimum Gasteiger partial charge on any atom is -0.496 e. The van der Waals surface area contributed by atoms with E-state index in [1.54, 1.807) is 20.3 Å². The van der Waals surface area contributed by atoms with Gasteiger partial charge in [0.05, 0.1) is 20.1 Å². The minimum atomic E-state index is -0.611. The van der Waals surface area contributed by atoms with Crippen molar-refractivity contribution in [1.82, 2.24) is 25.5 Å². The lowest BCUT2D eigenvalue weighted by molar-refractivity contribution is -0.0230. The lowest BCUT2D eigenvalue weighted by Gasteiger charge is -2.46. The summed E-state index contributed by atoms with van der Waals surface area (Å²) in [6.45, 7) is 1.57. The van der Waals surface area contributed by atoms with Crippen LogP contribution >= 0.6 is 0 Å². The number of anilines is 2. The molecule has 0 saturated carbocycles. The van der Waals surface area contributed by atoms with E-state index in [-0.39, 0.29) is 5.78 Å². The zero-order chi connectivity index (χ0) is 25.4. The van der Waals surface area contributed by atoms with E-state index in [1.165, 1.54) is 6.33 Å². The monoisotopic (exact) mass is 500 g/mol. The lowest BCUT2D eigenvalue weighted by Crippen LogP contribution is -2.56. The quantitative estimate of drug-likeness (QED) is 0.340. The van der Waals surface area contributed by atoms with Crippen molar-refractivity contribution in [3.63, 3.8) is 0 Å². The third-order valence-electron chi connectivity index (χ3n) is 7.34. The summed E-state index contributed by atoms with van der Waals surface area (Å²) in [6.07, 6.45) is 3.51. The molecule has 3 N–H and O–H groups in total. The number of ketones is 1. The van der Waals surface area contributed by atoms with Gasteiger partial charge in [0.15, 0.2) is 5.78 Å². The molecule has 37 heavy (non-hydrogen) atoms. The maximum absolute atomic E-state index is 14.2. The van der Waals surface area contributed by atoms with Gasteiger partial charge in [-0.1, -0.05) is 6.07 Å². The Balaban J connectivity index is 1.41. The number of aromatic nitrogens is 4. The standard InChI is InChI=1S/C27H28N6O4/c1-35-22-5-3-4-18-23(36-2)14-20(32-24(18)22)25(34)19-13-16-12-17(31-26-29-15-30-33-26)6-7-21(16)37-27(19)8-10-28-11-9-27/h3-7,12,14-15,19,28H,8-11,13H2,1-2H3,(H2,29,30,31,33)/t19-/m0/s1. The Bertz CT molecular complexity index is 1450. The van der Waals surface area contributed by atoms with Gasteiger partial charge in [0.2, 0.25) is 5.95 Å². The van der Waals surface area contributed by atoms with Crippen molar-refractivity contribution in [3.05, 3.63) is 60.0 Å². The molecule has 2 aromatic carbocycles. The molecule has 0 unspecified atom stereocenters. The number of ether oxygens (including phenoxy) is 3. The molecule has 2 aromatic heterocycles. The third kappa shape index (κ3) is 4.13. The van der Waals surface area contributed by atoms with Gasteiger partial charge in [0.25, 0.3) is 0 Å². The topological polar surface area (TPSA) is 123 Å². The number of carbonyl (C=O) groups is 1. The molecule has 2 aliphatic rings. The fraction of sp³-hybridized carbons (Fsp3) is 0.333. The van der Waals surface area contributed by atoms with Gasteiger partial charge in [-0.3, -0.25) is 4.79 Å². The first-order chi connectivity index (χ1) is 18.1. The Kier molecular flexibility index (Phi) is 5.88. The van der Waals surface area contributed by atoms with E-state index in [0.717, 1.165) is 48.3 Å². The number of piperidine rings is 1. The number of hydrogen-bond donors (Lipinski definition) is 3. The van der Waals surface area contributed by atoms with Crippen molar-refractivity contribution < 1.29 is 19.0 Å². The van der Waals surface area contributed by atoms with Crippen molar-refractivity contribution in [2.75, 3.05) is 32.6 Å². The first-order valence-electron chi connectivity index (χ1n) is 12.3. The number of nitrogens with one attached hydrogen (secondary N) is 3. The van der Waals surface area contributed by atoms with Gasteiger partial charge in [-0.2, -0.15) is 0 Å². The second-order valence-electron chi connectivity index (χ2n) is 9.39. The molecule has 0 aliphatic carbocycles. The molecule has 0 amide bonds. The molecule has 4 heterocycles. The Hall–Kier alpha value is -4.18. The Morgan fingerprint density at radius 2 is 1.95 bits per heavy atom. The molecule has 2 aliphatic heterocycles. The molecule has 4 aromatic rings. The van der Waals surface area contributed by atoms with Crippen molar-refractivity contribution in [2.24, 2.45) is 5.92 Å². The molecule has 1 fully saturated rings. The highest BCUT2D eigenvalue weighted by Gasteiger charge is 2.49. The van der Waals surface area contributed by atoms with Crippen molar-refractivity contribution in [2.45, 2.75) is 24.9 Å². The molecule has 1 atom stereocenters. The number of carbonyl (C=O) groups excluding carboxylic acids is 1. The molecule has 0 radical (unpaired) electrons. The molecule has 1 spiro atoms. The summed E-state index contributed by atoms with van der Waals surface area (Å²) in [5, 5.41) is 15.2. The van der Waals surface area contributed by atoms with Crippen LogP contribution in [0.2, 0.25) is 0 Å². The number of nitrogens with zero attached hydrogens (tertiary/aromatic N) is 3. The van der Waals surface area contributed by atoms with Gasteiger partial charge < -0.3 is 29.8 Å². The van der Waals surface area contributed by atoms with Gasteiger partial charge in [-0.05, 0) is 55.4 Å². The summed E-state index contributed by atoms with van der Waals surface area (Å²) in [6, 6.07) is 13.3. The third-order valence-corrected chi connectivity index (χ3v) is 7.34. The molecule has 190 valence electrons. The fourth-order valence-corrected chi connectivity index (χ4v) is 5.48. The van der Waals surface area contributed by atoms with Crippen LogP contribution in [0.4, 0.5) is 11.6 Å². The van der Waals surface area contributed by atoms with Crippen LogP contribution in [-0.2, 0) is 6.42 Å². The zero-order valence-corrected chi connectivity index (χ0v) is 20.7. The number of pyridine rings is 1. The fourth-order valence-electron chi connectivity index (χ4n) is 5.48. The van der Waals surface area contributed by atoms with Crippen LogP contribution < -0.4 is 24.8 Å². The highest BCUT2D eigenvalue weighted by atomic mass is 16.5. The maximum atomic E-state index is 14.2. The van der Waals surface area contributed by atoms with E-state index in [4.69, 9.17) is 19.2 Å². The number of para-hydroxylation sites is 1. The van der Waals surface area contributed by atoms with Crippen molar-refractivity contribution in [1.29, 1.82) is 0 Å². The molecule has 10 nitrogen and oxygen atoms in total. The first kappa shape index (κ1) is 23.2. The summed E-state index contributed by atoms with van der Waals surface area (Å²) in [4.78, 5) is 22.0. The van der Waals surface area contributed by atoms with Crippen LogP contribution in [0.15, 0.2) is 48.8 Å². The predicted molar refractivity (Wildman–Crippen MR) is 138 cm³/mol. The van der Waals surface area contributed by atoms with Gasteiger partial charge in [-0.25, -0.2) is 4.98 Å². The number of methoxy groups -OCH3 is 2. The largest absolute Gasteiger partial charge is 0.496 e. The summed E-state index contributed by atoms with van der Waals surface area (Å²) >= 11 is 0. The average molecular weight is 501 g/mol. The molecule has 6 rings (SSSR count). The van der Waals surface area contributed by atoms with Crippen LogP contribution in [0.5, 0.6) is 17.2 Å². The van der Waals surface area contributed by atoms with Crippen LogP contribution in [0.3, 0.4) is 0 Å². The van der Waals surface area contributed by atoms with Crippen LogP contribution in [0.25, 0.3) is 10.9 Å². The number of hydrogen-bond acceptors (Lipinski definition) is 9. The molecular weight excluding hydrogens is 472 g/mol. The van der Waals surface area contributed by atoms with Crippen molar-refractivity contribution >= 4 is 28.3 Å². The molecule has 1 saturated heterocycles.